The zero-order chi connectivity index (χ0) is 95.6. The first-order chi connectivity index (χ1) is 65.5. The number of H-pyrrole nitrogens is 12. The molecule has 0 amide bonds. The van der Waals surface area contributed by atoms with Gasteiger partial charge in [0, 0.05) is 63.2 Å². The Hall–Kier alpha value is -18.0. The van der Waals surface area contributed by atoms with E-state index >= 15 is 0 Å². The highest BCUT2D eigenvalue weighted by molar-refractivity contribution is 5.98. The summed E-state index contributed by atoms with van der Waals surface area (Å²) >= 11 is 0. The summed E-state index contributed by atoms with van der Waals surface area (Å²) in [6.07, 6.45) is -12.2. The molecule has 137 heavy (non-hydrogen) atoms. The van der Waals surface area contributed by atoms with E-state index in [0.29, 0.717) is 84.0 Å². The number of hydrogen-bond acceptors (Lipinski definition) is 26. The molecule has 694 valence electrons. The van der Waals surface area contributed by atoms with Crippen molar-refractivity contribution in [3.63, 3.8) is 0 Å². The Bertz CT molecular complexity index is 8670. The number of aryl methyl sites for hydroxylation is 3. The lowest BCUT2D eigenvalue weighted by atomic mass is 10.0. The quantitative estimate of drug-likeness (QED) is 0.0505. The number of fused-ring (bicyclic) bond motifs is 11. The lowest BCUT2D eigenvalue weighted by Crippen LogP contribution is -2.15. The highest BCUT2D eigenvalue weighted by Gasteiger charge is 2.41. The average molecular weight is 1900 g/mol. The van der Waals surface area contributed by atoms with Gasteiger partial charge in [-0.25, -0.2) is 67.4 Å². The molecule has 16 N–H and O–H groups in total. The van der Waals surface area contributed by atoms with E-state index in [0.717, 1.165) is 66.7 Å². The molecule has 0 aliphatic carbocycles. The first-order valence-electron chi connectivity index (χ1n) is 40.2. The molecule has 0 fully saturated rings. The monoisotopic (exact) mass is 1900 g/mol. The minimum absolute atomic E-state index is 0.00994. The Morgan fingerprint density at radius 1 is 0.365 bits per heavy atom. The van der Waals surface area contributed by atoms with Crippen LogP contribution in [0.3, 0.4) is 0 Å². The van der Waals surface area contributed by atoms with Gasteiger partial charge in [-0.2, -0.15) is 73.1 Å². The fourth-order valence-electron chi connectivity index (χ4n) is 15.3. The minimum atomic E-state index is -4.82. The molecule has 54 heteroatoms. The van der Waals surface area contributed by atoms with Crippen LogP contribution in [0.2, 0.25) is 0 Å². The highest BCUT2D eigenvalue weighted by atomic mass is 19.4. The lowest BCUT2D eigenvalue weighted by molar-refractivity contribution is -0.137. The summed E-state index contributed by atoms with van der Waals surface area (Å²) < 4.78 is 240. The molecule has 2 aliphatic rings. The highest BCUT2D eigenvalue weighted by Crippen LogP contribution is 2.47. The number of alkyl halides is 12. The van der Waals surface area contributed by atoms with E-state index in [2.05, 4.69) is 158 Å². The maximum absolute atomic E-state index is 14.1. The number of nitrogens with zero attached hydrogens (tertiary/aromatic N) is 15. The molecule has 0 bridgehead atoms. The van der Waals surface area contributed by atoms with Crippen LogP contribution in [0.4, 0.5) is 117 Å². The molecule has 0 radical (unpaired) electrons. The average Bonchev–Trinajstić information content (AvgIpc) is 1.68. The third kappa shape index (κ3) is 16.8. The van der Waals surface area contributed by atoms with Crippen molar-refractivity contribution in [1.82, 2.24) is 137 Å². The Kier molecular flexibility index (Phi) is 21.2. The van der Waals surface area contributed by atoms with E-state index in [1.165, 1.54) is 55.0 Å². The van der Waals surface area contributed by atoms with Crippen LogP contribution in [0.15, 0.2) is 145 Å². The second-order valence-corrected chi connectivity index (χ2v) is 30.6. The molecule has 0 saturated heterocycles. The number of nitrogens with one attached hydrogen (secondary N) is 16. The summed E-state index contributed by atoms with van der Waals surface area (Å²) in [5, 5.41) is 61.9. The first-order valence-corrected chi connectivity index (χ1v) is 40.2. The summed E-state index contributed by atoms with van der Waals surface area (Å²) in [6, 6.07) is 19.2. The van der Waals surface area contributed by atoms with Crippen LogP contribution in [-0.2, 0) is 37.5 Å². The number of halogens is 16. The SMILES string of the molecule is Cc1cc(Nc2nc(-c3cc4c(=O)[nH][nH]c4cc3C(F)(F)F)nc3cnoc23)n[nH]1.O=c1[nH][nH]c2cc(C(F)(F)F)c(-c3nc(Nc4n[nH]c5c(F)cc(F)cc45)c4nccnc4n3)cc12.O=c1[nH][nH]c2cc(C(F)(F)F)c(-c3nc4c(c(Nc5n[nH]c6ccc(F)cc56)n3)OCCC4)cc12.O=c1[nH][nH]c2cc(C(F)(F)F)c(-c3nc4c(c(Nc5n[nH]c6ccc(F)cc56)n3)OCCCC4)cc12. The predicted molar refractivity (Wildman–Crippen MR) is 457 cm³/mol. The van der Waals surface area contributed by atoms with E-state index < -0.39 is 104 Å². The smallest absolute Gasteiger partial charge is 0.417 e. The number of hydrogen-bond donors (Lipinski definition) is 16. The molecule has 38 nitrogen and oxygen atoms in total. The summed E-state index contributed by atoms with van der Waals surface area (Å²) in [6.45, 7) is 2.53. The van der Waals surface area contributed by atoms with Crippen molar-refractivity contribution < 1.29 is 84.2 Å². The molecule has 14 aromatic heterocycles. The molecule has 21 aromatic rings. The number of rotatable bonds is 12. The largest absolute Gasteiger partial charge is 0.488 e. The second kappa shape index (κ2) is 33.4. The van der Waals surface area contributed by atoms with E-state index in [1.54, 1.807) is 13.0 Å². The number of aromatic nitrogens is 27. The van der Waals surface area contributed by atoms with Crippen molar-refractivity contribution in [2.45, 2.75) is 63.7 Å². The van der Waals surface area contributed by atoms with Crippen LogP contribution < -0.4 is 53.0 Å². The Balaban J connectivity index is 0.000000113. The van der Waals surface area contributed by atoms with Crippen molar-refractivity contribution in [1.29, 1.82) is 0 Å². The maximum Gasteiger partial charge on any atom is 0.417 e. The van der Waals surface area contributed by atoms with E-state index in [4.69, 9.17) is 14.0 Å². The zero-order valence-corrected chi connectivity index (χ0v) is 68.6. The van der Waals surface area contributed by atoms with E-state index in [1.807, 2.05) is 0 Å². The van der Waals surface area contributed by atoms with E-state index in [9.17, 15) is 89.4 Å². The molecule has 2 aliphatic heterocycles. The standard InChI is InChI=1S/C23H17F4N7O2.C22H15F4N7O2.C21H10F5N9O.C17H11F3N8O2/c24-10-4-5-15-12(7-10)20(33-31-15)30-21-18-16(3-1-2-6-36-18)28-19(29-21)11-8-13-17(32-34-22(13)35)9-14(11)23(25,26)27;23-9-3-4-14-11(6-9)19(32-30-14)29-20-17-15(2-1-5-35-17)27-18(28-20)10-7-12-16(31-33-21(12)34)8-13(10)22(24,25)26;22-7-3-10-14(12(23)4-7)33-34-17(10)31-19-15-18(28-2-1-27-15)29-16(30-19)8-5-9-13(32-35-20(9)36)6-11(8)21(24,25)26;1-6-2-12(27-25-6)23-15-13-11(5-21-30-13)22-14(24-15)7-3-8-10(26-28-16(8)29)4-9(7)17(18,19)20/h4-5,7-9H,1-3,6H2,(H2,32,34,35)(H2,28,29,30,31,33);3-4,6-8H,1-2,5H2,(H2,31,33,34)(H2,27,28,29,30,32);1-6H,(H2,32,35,36)(H2,28,29,30,31,33,34);2-5H,1H3,(H2,26,28,29)(H2,22,23,24,25,27). The molecule has 0 spiro atoms. The third-order valence-electron chi connectivity index (χ3n) is 21.6. The summed E-state index contributed by atoms with van der Waals surface area (Å²) in [5.41, 5.74) is -5.09. The molecule has 23 rings (SSSR count). The van der Waals surface area contributed by atoms with Crippen molar-refractivity contribution in [2.24, 2.45) is 0 Å². The van der Waals surface area contributed by atoms with Crippen molar-refractivity contribution >= 4 is 145 Å². The fraction of sp³-hybridized carbons (Fsp3) is 0.145. The Morgan fingerprint density at radius 2 is 0.788 bits per heavy atom. The molecule has 16 heterocycles. The number of benzene rings is 7. The summed E-state index contributed by atoms with van der Waals surface area (Å²) in [7, 11) is 0. The zero-order valence-electron chi connectivity index (χ0n) is 68.6. The van der Waals surface area contributed by atoms with Gasteiger partial charge in [0.05, 0.1) is 113 Å². The van der Waals surface area contributed by atoms with Gasteiger partial charge in [-0.15, -0.1) is 0 Å². The van der Waals surface area contributed by atoms with Gasteiger partial charge in [0.15, 0.2) is 98.3 Å². The number of anilines is 8. The van der Waals surface area contributed by atoms with Gasteiger partial charge in [-0.1, -0.05) is 5.16 Å². The summed E-state index contributed by atoms with van der Waals surface area (Å²) in [4.78, 5) is 90.6. The van der Waals surface area contributed by atoms with Crippen LogP contribution in [0, 0.1) is 30.2 Å². The molecule has 0 saturated carbocycles. The van der Waals surface area contributed by atoms with Crippen LogP contribution in [-0.4, -0.2) is 150 Å². The van der Waals surface area contributed by atoms with Crippen LogP contribution >= 0.6 is 0 Å². The minimum Gasteiger partial charge on any atom is -0.488 e. The Morgan fingerprint density at radius 3 is 1.27 bits per heavy atom. The Labute approximate surface area is 744 Å². The van der Waals surface area contributed by atoms with Crippen LogP contribution in [0.5, 0.6) is 11.5 Å². The van der Waals surface area contributed by atoms with Gasteiger partial charge in [0.1, 0.15) is 28.5 Å². The molecule has 0 atom stereocenters. The molecular weight excluding hydrogens is 1850 g/mol. The van der Waals surface area contributed by atoms with Crippen molar-refractivity contribution in [3.8, 4) is 57.1 Å². The second-order valence-electron chi connectivity index (χ2n) is 30.6. The van der Waals surface area contributed by atoms with Crippen LogP contribution in [0.1, 0.15) is 58.6 Å². The molecular formula is C83H53F16N31O7. The van der Waals surface area contributed by atoms with Crippen molar-refractivity contribution in [3.05, 3.63) is 226 Å². The maximum atomic E-state index is 14.1. The lowest BCUT2D eigenvalue weighted by Gasteiger charge is -2.21. The fourth-order valence-corrected chi connectivity index (χ4v) is 15.3. The van der Waals surface area contributed by atoms with Gasteiger partial charge in [-0.3, -0.25) is 80.4 Å². The van der Waals surface area contributed by atoms with Gasteiger partial charge in [-0.05, 0) is 130 Å². The number of aromatic amines is 12. The molecule has 0 unspecified atom stereocenters. The van der Waals surface area contributed by atoms with Crippen LogP contribution in [0.25, 0.3) is 144 Å². The number of ether oxygens (including phenoxy) is 2. The normalized spacial score (nSPS) is 13.0. The topological polar surface area (TPSA) is 531 Å². The van der Waals surface area contributed by atoms with Crippen molar-refractivity contribution in [2.75, 3.05) is 34.5 Å². The first kappa shape index (κ1) is 87.1. The van der Waals surface area contributed by atoms with Gasteiger partial charge < -0.3 is 35.3 Å². The van der Waals surface area contributed by atoms with Gasteiger partial charge in [0.25, 0.3) is 22.2 Å². The van der Waals surface area contributed by atoms with E-state index in [-0.39, 0.29) is 163 Å². The predicted octanol–water partition coefficient (Wildman–Crippen LogP) is 16.6. The van der Waals surface area contributed by atoms with Gasteiger partial charge >= 0.3 is 24.7 Å². The molecule has 7 aromatic carbocycles. The third-order valence-corrected chi connectivity index (χ3v) is 21.6. The summed E-state index contributed by atoms with van der Waals surface area (Å²) in [5.74, 6) is -2.42. The van der Waals surface area contributed by atoms with Gasteiger partial charge in [0.2, 0.25) is 5.58 Å².